The van der Waals surface area contributed by atoms with Crippen molar-refractivity contribution in [3.8, 4) is 0 Å². The molecule has 8 nitrogen and oxygen atoms in total. The lowest BCUT2D eigenvalue weighted by molar-refractivity contribution is -0.139. The number of rotatable bonds is 7. The number of anilines is 1. The first-order chi connectivity index (χ1) is 13.5. The molecule has 3 rings (SSSR count). The molecule has 0 spiro atoms. The number of hydrazone groups is 1. The Morgan fingerprint density at radius 3 is 2.75 bits per heavy atom. The van der Waals surface area contributed by atoms with E-state index in [1.54, 1.807) is 5.38 Å². The second-order valence-electron chi connectivity index (χ2n) is 6.12. The van der Waals surface area contributed by atoms with Gasteiger partial charge >= 0.3 is 5.97 Å². The van der Waals surface area contributed by atoms with E-state index in [2.05, 4.69) is 20.1 Å². The molecule has 0 bridgehead atoms. The molecule has 2 heterocycles. The summed E-state index contributed by atoms with van der Waals surface area (Å²) >= 11 is 1.22. The van der Waals surface area contributed by atoms with Crippen molar-refractivity contribution in [1.82, 2.24) is 9.99 Å². The molecule has 1 N–H and O–H groups in total. The minimum absolute atomic E-state index is 0.0391. The number of carbonyl (C=O) groups is 3. The van der Waals surface area contributed by atoms with Crippen LogP contribution in [0.15, 0.2) is 40.8 Å². The fraction of sp³-hybridized carbons (Fsp3) is 0.316. The van der Waals surface area contributed by atoms with Gasteiger partial charge < -0.3 is 10.1 Å². The number of ether oxygens (including phenoxy) is 1. The van der Waals surface area contributed by atoms with Crippen molar-refractivity contribution in [3.05, 3.63) is 47.0 Å². The van der Waals surface area contributed by atoms with Gasteiger partial charge in [0.25, 0.3) is 0 Å². The molecule has 28 heavy (non-hydrogen) atoms. The van der Waals surface area contributed by atoms with Crippen molar-refractivity contribution >= 4 is 40.0 Å². The fourth-order valence-electron chi connectivity index (χ4n) is 2.67. The molecule has 0 aliphatic carbocycles. The van der Waals surface area contributed by atoms with Gasteiger partial charge in [-0.3, -0.25) is 14.4 Å². The van der Waals surface area contributed by atoms with Gasteiger partial charge in [0.05, 0.1) is 31.5 Å². The summed E-state index contributed by atoms with van der Waals surface area (Å²) in [4.78, 5) is 39.8. The van der Waals surface area contributed by atoms with Crippen molar-refractivity contribution in [2.45, 2.75) is 25.7 Å². The molecule has 1 aromatic heterocycles. The zero-order valence-electron chi connectivity index (χ0n) is 15.4. The molecule has 0 radical (unpaired) electrons. The molecule has 1 aliphatic heterocycles. The highest BCUT2D eigenvalue weighted by Crippen LogP contribution is 2.18. The lowest BCUT2D eigenvalue weighted by Gasteiger charge is -2.10. The van der Waals surface area contributed by atoms with E-state index in [1.165, 1.54) is 23.5 Å². The molecular formula is C19H20N4O4S. The Kier molecular flexibility index (Phi) is 6.49. The molecule has 9 heteroatoms. The zero-order valence-corrected chi connectivity index (χ0v) is 16.2. The molecule has 0 atom stereocenters. The van der Waals surface area contributed by atoms with Crippen LogP contribution < -0.4 is 5.32 Å². The van der Waals surface area contributed by atoms with Gasteiger partial charge in [0.15, 0.2) is 5.13 Å². The maximum atomic E-state index is 12.3. The predicted octanol–water partition coefficient (Wildman–Crippen LogP) is 2.21. The van der Waals surface area contributed by atoms with E-state index in [4.69, 9.17) is 0 Å². The van der Waals surface area contributed by atoms with Gasteiger partial charge in [-0.2, -0.15) is 5.10 Å². The minimum atomic E-state index is -0.394. The van der Waals surface area contributed by atoms with Crippen molar-refractivity contribution < 1.29 is 19.1 Å². The molecule has 0 fully saturated rings. The average Bonchev–Trinajstić information content (AvgIpc) is 3.36. The zero-order chi connectivity index (χ0) is 19.9. The third-order valence-corrected chi connectivity index (χ3v) is 4.92. The minimum Gasteiger partial charge on any atom is -0.469 e. The van der Waals surface area contributed by atoms with Crippen LogP contribution in [0, 0.1) is 0 Å². The van der Waals surface area contributed by atoms with Crippen LogP contribution in [-0.2, 0) is 25.5 Å². The lowest BCUT2D eigenvalue weighted by Crippen LogP contribution is -2.25. The van der Waals surface area contributed by atoms with Crippen LogP contribution in [0.25, 0.3) is 0 Å². The number of hydrogen-bond acceptors (Lipinski definition) is 7. The molecule has 1 aromatic carbocycles. The molecule has 146 valence electrons. The summed E-state index contributed by atoms with van der Waals surface area (Å²) in [6.45, 7) is 0.522. The van der Waals surface area contributed by atoms with E-state index in [0.29, 0.717) is 23.8 Å². The number of nitrogens with zero attached hydrogens (tertiary/aromatic N) is 3. The normalized spacial score (nSPS) is 13.2. The summed E-state index contributed by atoms with van der Waals surface area (Å²) in [5, 5.41) is 10.5. The first-order valence-electron chi connectivity index (χ1n) is 8.79. The summed E-state index contributed by atoms with van der Waals surface area (Å²) in [6, 6.07) is 9.72. The summed E-state index contributed by atoms with van der Waals surface area (Å²) in [5.41, 5.74) is 2.41. The summed E-state index contributed by atoms with van der Waals surface area (Å²) in [7, 11) is 1.31. The van der Waals surface area contributed by atoms with Crippen LogP contribution >= 0.6 is 11.3 Å². The fourth-order valence-corrected chi connectivity index (χ4v) is 3.39. The van der Waals surface area contributed by atoms with Crippen LogP contribution in [0.3, 0.4) is 0 Å². The van der Waals surface area contributed by atoms with E-state index in [0.717, 1.165) is 11.3 Å². The van der Waals surface area contributed by atoms with E-state index >= 15 is 0 Å². The standard InChI is InChI=1S/C19H20N4O4S/c1-27-18(26)11-14-12-28-19(20-14)21-16(24)7-8-17(25)23-10-9-15(22-23)13-5-3-2-4-6-13/h2-6,12H,7-11H2,1H3,(H,20,21,24). The first-order valence-corrected chi connectivity index (χ1v) is 9.67. The summed E-state index contributed by atoms with van der Waals surface area (Å²) < 4.78 is 4.58. The highest BCUT2D eigenvalue weighted by atomic mass is 32.1. The second kappa shape index (κ2) is 9.23. The van der Waals surface area contributed by atoms with Gasteiger partial charge in [-0.05, 0) is 5.56 Å². The Bertz CT molecular complexity index is 894. The Morgan fingerprint density at radius 2 is 2.00 bits per heavy atom. The lowest BCUT2D eigenvalue weighted by atomic mass is 10.1. The van der Waals surface area contributed by atoms with Crippen LogP contribution in [0.2, 0.25) is 0 Å². The number of esters is 1. The van der Waals surface area contributed by atoms with Crippen molar-refractivity contribution in [1.29, 1.82) is 0 Å². The van der Waals surface area contributed by atoms with Gasteiger partial charge in [0.1, 0.15) is 0 Å². The molecule has 2 aromatic rings. The first kappa shape index (κ1) is 19.7. The number of amides is 2. The Morgan fingerprint density at radius 1 is 1.21 bits per heavy atom. The Balaban J connectivity index is 1.46. The highest BCUT2D eigenvalue weighted by molar-refractivity contribution is 7.13. The van der Waals surface area contributed by atoms with Crippen molar-refractivity contribution in [3.63, 3.8) is 0 Å². The van der Waals surface area contributed by atoms with Gasteiger partial charge in [-0.25, -0.2) is 9.99 Å². The van der Waals surface area contributed by atoms with Crippen LogP contribution in [0.1, 0.15) is 30.5 Å². The number of aromatic nitrogens is 1. The maximum absolute atomic E-state index is 12.3. The average molecular weight is 400 g/mol. The number of nitrogens with one attached hydrogen (secondary N) is 1. The quantitative estimate of drug-likeness (QED) is 0.718. The largest absolute Gasteiger partial charge is 0.469 e. The smallest absolute Gasteiger partial charge is 0.311 e. The molecule has 1 aliphatic rings. The summed E-state index contributed by atoms with van der Waals surface area (Å²) in [5.74, 6) is -0.889. The Labute approximate surface area is 166 Å². The molecule has 0 unspecified atom stereocenters. The van der Waals surface area contributed by atoms with Crippen LogP contribution in [-0.4, -0.2) is 47.1 Å². The van der Waals surface area contributed by atoms with Gasteiger partial charge in [-0.15, -0.1) is 11.3 Å². The number of thiazole rings is 1. The van der Waals surface area contributed by atoms with Crippen molar-refractivity contribution in [2.75, 3.05) is 19.0 Å². The van der Waals surface area contributed by atoms with Gasteiger partial charge in [-0.1, -0.05) is 30.3 Å². The molecular weight excluding hydrogens is 380 g/mol. The van der Waals surface area contributed by atoms with Crippen molar-refractivity contribution in [2.24, 2.45) is 5.10 Å². The van der Waals surface area contributed by atoms with Gasteiger partial charge in [0, 0.05) is 24.6 Å². The molecule has 2 amide bonds. The van der Waals surface area contributed by atoms with Crippen LogP contribution in [0.5, 0.6) is 0 Å². The molecule has 0 saturated carbocycles. The number of methoxy groups -OCH3 is 1. The Hall–Kier alpha value is -3.07. The predicted molar refractivity (Wildman–Crippen MR) is 105 cm³/mol. The number of hydrogen-bond donors (Lipinski definition) is 1. The van der Waals surface area contributed by atoms with Gasteiger partial charge in [0.2, 0.25) is 11.8 Å². The van der Waals surface area contributed by atoms with Crippen LogP contribution in [0.4, 0.5) is 5.13 Å². The third-order valence-electron chi connectivity index (χ3n) is 4.11. The number of carbonyl (C=O) groups excluding carboxylic acids is 3. The van der Waals surface area contributed by atoms with E-state index < -0.39 is 5.97 Å². The van der Waals surface area contributed by atoms with E-state index in [-0.39, 0.29) is 31.1 Å². The summed E-state index contributed by atoms with van der Waals surface area (Å²) in [6.07, 6.45) is 0.858. The topological polar surface area (TPSA) is 101 Å². The van der Waals surface area contributed by atoms with E-state index in [1.807, 2.05) is 30.3 Å². The molecule has 0 saturated heterocycles. The second-order valence-corrected chi connectivity index (χ2v) is 6.98. The number of benzene rings is 1. The van der Waals surface area contributed by atoms with E-state index in [9.17, 15) is 14.4 Å². The maximum Gasteiger partial charge on any atom is 0.311 e. The third kappa shape index (κ3) is 5.23. The highest BCUT2D eigenvalue weighted by Gasteiger charge is 2.22. The SMILES string of the molecule is COC(=O)Cc1csc(NC(=O)CCC(=O)N2CCC(c3ccccc3)=N2)n1. The monoisotopic (exact) mass is 400 g/mol.